The van der Waals surface area contributed by atoms with Crippen molar-refractivity contribution < 1.29 is 0 Å². The molecule has 0 aliphatic rings. The van der Waals surface area contributed by atoms with Crippen molar-refractivity contribution in [3.05, 3.63) is 23.8 Å². The van der Waals surface area contributed by atoms with Crippen molar-refractivity contribution in [2.75, 3.05) is 5.73 Å². The van der Waals surface area contributed by atoms with E-state index in [1.54, 1.807) is 0 Å². The number of benzene rings is 1. The minimum absolute atomic E-state index is 0.656. The van der Waals surface area contributed by atoms with Gasteiger partial charge < -0.3 is 5.73 Å². The third kappa shape index (κ3) is 1.35. The molecular weight excluding hydrogens is 166 g/mol. The maximum absolute atomic E-state index is 5.68. The van der Waals surface area contributed by atoms with E-state index >= 15 is 0 Å². The second kappa shape index (κ2) is 2.85. The molecule has 0 aliphatic carbocycles. The molecule has 0 saturated carbocycles. The van der Waals surface area contributed by atoms with E-state index in [4.69, 9.17) is 5.73 Å². The van der Waals surface area contributed by atoms with E-state index in [0.29, 0.717) is 5.82 Å². The van der Waals surface area contributed by atoms with Gasteiger partial charge in [0, 0.05) is 11.3 Å². The molecule has 0 radical (unpaired) electrons. The third-order valence-electron chi connectivity index (χ3n) is 1.89. The van der Waals surface area contributed by atoms with Crippen LogP contribution in [0.15, 0.2) is 18.2 Å². The predicted molar refractivity (Wildman–Crippen MR) is 48.8 cm³/mol. The molecule has 66 valence electrons. The van der Waals surface area contributed by atoms with E-state index in [-0.39, 0.29) is 0 Å². The monoisotopic (exact) mass is 175 g/mol. The fourth-order valence-corrected chi connectivity index (χ4v) is 1.10. The molecule has 0 amide bonds. The molecule has 13 heavy (non-hydrogen) atoms. The summed E-state index contributed by atoms with van der Waals surface area (Å²) in [5.74, 6) is 0.656. The lowest BCUT2D eigenvalue weighted by molar-refractivity contribution is 0.881. The van der Waals surface area contributed by atoms with E-state index in [1.807, 2.05) is 25.1 Å². The van der Waals surface area contributed by atoms with Crippen LogP contribution in [0.5, 0.6) is 0 Å². The van der Waals surface area contributed by atoms with E-state index in [9.17, 15) is 0 Å². The molecule has 5 nitrogen and oxygen atoms in total. The fraction of sp³-hybridized carbons (Fsp3) is 0.125. The van der Waals surface area contributed by atoms with E-state index in [1.165, 1.54) is 0 Å². The highest BCUT2D eigenvalue weighted by Crippen LogP contribution is 2.18. The first-order valence-corrected chi connectivity index (χ1v) is 3.87. The number of aryl methyl sites for hydroxylation is 1. The van der Waals surface area contributed by atoms with E-state index in [0.717, 1.165) is 16.8 Å². The SMILES string of the molecule is Cc1cc(-c2nnn[nH]2)ccc1N. The molecule has 1 heterocycles. The van der Waals surface area contributed by atoms with Gasteiger partial charge in [-0.3, -0.25) is 0 Å². The van der Waals surface area contributed by atoms with Crippen LogP contribution in [0.25, 0.3) is 11.4 Å². The van der Waals surface area contributed by atoms with Crippen LogP contribution in [0, 0.1) is 6.92 Å². The largest absolute Gasteiger partial charge is 0.399 e. The molecule has 0 saturated heterocycles. The van der Waals surface area contributed by atoms with Crippen LogP contribution < -0.4 is 5.73 Å². The van der Waals surface area contributed by atoms with Gasteiger partial charge in [0.15, 0.2) is 5.82 Å². The molecule has 0 spiro atoms. The zero-order valence-electron chi connectivity index (χ0n) is 7.15. The van der Waals surface area contributed by atoms with Gasteiger partial charge in [-0.2, -0.15) is 0 Å². The third-order valence-corrected chi connectivity index (χ3v) is 1.89. The average molecular weight is 175 g/mol. The van der Waals surface area contributed by atoms with Gasteiger partial charge in [-0.05, 0) is 41.1 Å². The van der Waals surface area contributed by atoms with Crippen LogP contribution in [0.1, 0.15) is 5.56 Å². The highest BCUT2D eigenvalue weighted by molar-refractivity contribution is 5.61. The van der Waals surface area contributed by atoms with Crippen molar-refractivity contribution >= 4 is 5.69 Å². The number of aromatic amines is 1. The van der Waals surface area contributed by atoms with Crippen molar-refractivity contribution in [1.29, 1.82) is 0 Å². The summed E-state index contributed by atoms with van der Waals surface area (Å²) in [5, 5.41) is 13.5. The lowest BCUT2D eigenvalue weighted by atomic mass is 10.1. The van der Waals surface area contributed by atoms with Crippen LogP contribution >= 0.6 is 0 Å². The van der Waals surface area contributed by atoms with E-state index < -0.39 is 0 Å². The number of aromatic nitrogens is 4. The molecule has 0 unspecified atom stereocenters. The Labute approximate surface area is 75.0 Å². The number of rotatable bonds is 1. The number of H-pyrrole nitrogens is 1. The Morgan fingerprint density at radius 2 is 2.23 bits per heavy atom. The Bertz CT molecular complexity index is 406. The molecule has 3 N–H and O–H groups in total. The molecule has 0 atom stereocenters. The number of tetrazole rings is 1. The van der Waals surface area contributed by atoms with Crippen LogP contribution in [0.2, 0.25) is 0 Å². The Morgan fingerprint density at radius 3 is 2.85 bits per heavy atom. The second-order valence-electron chi connectivity index (χ2n) is 2.82. The highest BCUT2D eigenvalue weighted by Gasteiger charge is 2.02. The van der Waals surface area contributed by atoms with Crippen LogP contribution in [0.4, 0.5) is 5.69 Å². The lowest BCUT2D eigenvalue weighted by Gasteiger charge is -2.00. The quantitative estimate of drug-likeness (QED) is 0.627. The number of nitrogens with one attached hydrogen (secondary N) is 1. The number of nitrogen functional groups attached to an aromatic ring is 1. The van der Waals surface area contributed by atoms with Crippen molar-refractivity contribution in [3.8, 4) is 11.4 Å². The predicted octanol–water partition coefficient (Wildman–Crippen LogP) is 0.757. The van der Waals surface area contributed by atoms with E-state index in [2.05, 4.69) is 20.6 Å². The summed E-state index contributed by atoms with van der Waals surface area (Å²) in [6, 6.07) is 5.66. The van der Waals surface area contributed by atoms with Gasteiger partial charge >= 0.3 is 0 Å². The summed E-state index contributed by atoms with van der Waals surface area (Å²) >= 11 is 0. The first kappa shape index (κ1) is 7.72. The topological polar surface area (TPSA) is 80.5 Å². The molecule has 0 aliphatic heterocycles. The van der Waals surface area contributed by atoms with Gasteiger partial charge in [0.25, 0.3) is 0 Å². The molecule has 2 aromatic rings. The molecule has 2 rings (SSSR count). The summed E-state index contributed by atoms with van der Waals surface area (Å²) in [4.78, 5) is 0. The molecule has 5 heteroatoms. The summed E-state index contributed by atoms with van der Waals surface area (Å²) in [6.07, 6.45) is 0. The Morgan fingerprint density at radius 1 is 1.38 bits per heavy atom. The maximum Gasteiger partial charge on any atom is 0.179 e. The van der Waals surface area contributed by atoms with Gasteiger partial charge in [0.05, 0.1) is 0 Å². The minimum atomic E-state index is 0.656. The number of nitrogens with zero attached hydrogens (tertiary/aromatic N) is 3. The van der Waals surface area contributed by atoms with Gasteiger partial charge in [0.2, 0.25) is 0 Å². The summed E-state index contributed by atoms with van der Waals surface area (Å²) < 4.78 is 0. The standard InChI is InChI=1S/C8H9N5/c1-5-4-6(2-3-7(5)9)8-10-12-13-11-8/h2-4H,9H2,1H3,(H,10,11,12,13). The number of hydrogen-bond acceptors (Lipinski definition) is 4. The number of anilines is 1. The van der Waals surface area contributed by atoms with Gasteiger partial charge in [-0.1, -0.05) is 0 Å². The van der Waals surface area contributed by atoms with Crippen molar-refractivity contribution in [1.82, 2.24) is 20.6 Å². The highest BCUT2D eigenvalue weighted by atomic mass is 15.5. The van der Waals surface area contributed by atoms with Gasteiger partial charge in [-0.25, -0.2) is 5.10 Å². The summed E-state index contributed by atoms with van der Waals surface area (Å²) in [6.45, 7) is 1.95. The lowest BCUT2D eigenvalue weighted by Crippen LogP contribution is -1.90. The fourth-order valence-electron chi connectivity index (χ4n) is 1.10. The second-order valence-corrected chi connectivity index (χ2v) is 2.82. The Hall–Kier alpha value is -1.91. The zero-order valence-corrected chi connectivity index (χ0v) is 7.15. The first-order valence-electron chi connectivity index (χ1n) is 3.87. The normalized spacial score (nSPS) is 10.2. The number of hydrogen-bond donors (Lipinski definition) is 2. The summed E-state index contributed by atoms with van der Waals surface area (Å²) in [7, 11) is 0. The average Bonchev–Trinajstić information content (AvgIpc) is 2.62. The smallest absolute Gasteiger partial charge is 0.179 e. The van der Waals surface area contributed by atoms with Crippen LogP contribution in [0.3, 0.4) is 0 Å². The van der Waals surface area contributed by atoms with Crippen molar-refractivity contribution in [2.45, 2.75) is 6.92 Å². The number of nitrogens with two attached hydrogens (primary N) is 1. The molecule has 0 bridgehead atoms. The van der Waals surface area contributed by atoms with Crippen LogP contribution in [-0.4, -0.2) is 20.6 Å². The van der Waals surface area contributed by atoms with Gasteiger partial charge in [0.1, 0.15) is 0 Å². The van der Waals surface area contributed by atoms with Gasteiger partial charge in [-0.15, -0.1) is 5.10 Å². The zero-order chi connectivity index (χ0) is 9.26. The molecule has 1 aromatic carbocycles. The Kier molecular flexibility index (Phi) is 1.70. The maximum atomic E-state index is 5.68. The van der Waals surface area contributed by atoms with Crippen molar-refractivity contribution in [2.24, 2.45) is 0 Å². The molecule has 1 aromatic heterocycles. The molecular formula is C8H9N5. The first-order chi connectivity index (χ1) is 6.27. The summed E-state index contributed by atoms with van der Waals surface area (Å²) in [5.41, 5.74) is 8.42. The van der Waals surface area contributed by atoms with Crippen molar-refractivity contribution in [3.63, 3.8) is 0 Å². The Balaban J connectivity index is 2.49. The molecule has 0 fully saturated rings. The van der Waals surface area contributed by atoms with Crippen LogP contribution in [-0.2, 0) is 0 Å². The minimum Gasteiger partial charge on any atom is -0.399 e.